The number of fused-ring (bicyclic) bond motifs is 1. The van der Waals surface area contributed by atoms with E-state index < -0.39 is 0 Å². The Bertz CT molecular complexity index is 389. The quantitative estimate of drug-likeness (QED) is 0.695. The maximum absolute atomic E-state index is 5.46. The fraction of sp³-hybridized carbons (Fsp3) is 0.467. The number of hydrogen-bond acceptors (Lipinski definition) is 1. The molecule has 1 aliphatic carbocycles. The molecule has 1 aromatic rings. The summed E-state index contributed by atoms with van der Waals surface area (Å²) in [5.41, 5.74) is 3.00. The lowest BCUT2D eigenvalue weighted by Crippen LogP contribution is -2.28. The van der Waals surface area contributed by atoms with Gasteiger partial charge >= 0.3 is 0 Å². The summed E-state index contributed by atoms with van der Waals surface area (Å²) in [6, 6.07) is 9.32. The lowest BCUT2D eigenvalue weighted by molar-refractivity contribution is 0.222. The van der Waals surface area contributed by atoms with Gasteiger partial charge in [-0.15, -0.1) is 6.42 Å². The topological polar surface area (TPSA) is 3.24 Å². The van der Waals surface area contributed by atoms with E-state index in [9.17, 15) is 0 Å². The molecule has 1 unspecified atom stereocenters. The van der Waals surface area contributed by atoms with Crippen molar-refractivity contribution >= 4 is 0 Å². The van der Waals surface area contributed by atoms with Gasteiger partial charge in [0.25, 0.3) is 0 Å². The molecule has 0 radical (unpaired) electrons. The van der Waals surface area contributed by atoms with Gasteiger partial charge in [0.15, 0.2) is 0 Å². The first kappa shape index (κ1) is 11.2. The fourth-order valence-electron chi connectivity index (χ4n) is 2.66. The van der Waals surface area contributed by atoms with Crippen LogP contribution in [0.1, 0.15) is 36.9 Å². The van der Waals surface area contributed by atoms with Crippen molar-refractivity contribution in [3.05, 3.63) is 35.4 Å². The van der Waals surface area contributed by atoms with Gasteiger partial charge in [-0.1, -0.05) is 37.1 Å². The standard InChI is InChI=1S/C15H19N/c1-3-11-16(12-4-2)15-10-9-13-7-5-6-8-14(13)15/h1,5-8,15H,4,9-12H2,2H3. The highest BCUT2D eigenvalue weighted by Crippen LogP contribution is 2.35. The average Bonchev–Trinajstić information content (AvgIpc) is 2.72. The predicted octanol–water partition coefficient (Wildman–Crippen LogP) is 3.02. The first-order valence-corrected chi connectivity index (χ1v) is 6.12. The van der Waals surface area contributed by atoms with Crippen LogP contribution in [0.25, 0.3) is 0 Å². The lowest BCUT2D eigenvalue weighted by atomic mass is 10.1. The number of hydrogen-bond donors (Lipinski definition) is 0. The fourth-order valence-corrected chi connectivity index (χ4v) is 2.66. The van der Waals surface area contributed by atoms with Crippen LogP contribution in [0.3, 0.4) is 0 Å². The van der Waals surface area contributed by atoms with Crippen molar-refractivity contribution in [3.8, 4) is 12.3 Å². The average molecular weight is 213 g/mol. The molecule has 1 heteroatoms. The van der Waals surface area contributed by atoms with Gasteiger partial charge in [0.1, 0.15) is 0 Å². The second-order valence-electron chi connectivity index (χ2n) is 4.43. The van der Waals surface area contributed by atoms with Crippen LogP contribution in [0.5, 0.6) is 0 Å². The Morgan fingerprint density at radius 1 is 1.44 bits per heavy atom. The molecule has 0 spiro atoms. The van der Waals surface area contributed by atoms with Crippen molar-refractivity contribution in [1.29, 1.82) is 0 Å². The normalized spacial score (nSPS) is 18.4. The molecule has 0 aliphatic heterocycles. The third kappa shape index (κ3) is 2.13. The summed E-state index contributed by atoms with van der Waals surface area (Å²) >= 11 is 0. The molecule has 1 atom stereocenters. The second-order valence-corrected chi connectivity index (χ2v) is 4.43. The van der Waals surface area contributed by atoms with Crippen molar-refractivity contribution in [2.45, 2.75) is 32.2 Å². The zero-order valence-electron chi connectivity index (χ0n) is 9.95. The van der Waals surface area contributed by atoms with Gasteiger partial charge < -0.3 is 0 Å². The third-order valence-electron chi connectivity index (χ3n) is 3.35. The molecule has 0 saturated carbocycles. The highest BCUT2D eigenvalue weighted by atomic mass is 15.1. The molecule has 1 nitrogen and oxygen atoms in total. The van der Waals surface area contributed by atoms with Crippen molar-refractivity contribution in [3.63, 3.8) is 0 Å². The smallest absolute Gasteiger partial charge is 0.0604 e. The Balaban J connectivity index is 2.19. The summed E-state index contributed by atoms with van der Waals surface area (Å²) in [5, 5.41) is 0. The molecule has 0 heterocycles. The van der Waals surface area contributed by atoms with Crippen LogP contribution in [-0.2, 0) is 6.42 Å². The predicted molar refractivity (Wildman–Crippen MR) is 68.2 cm³/mol. The third-order valence-corrected chi connectivity index (χ3v) is 3.35. The molecule has 0 bridgehead atoms. The molecule has 1 aromatic carbocycles. The van der Waals surface area contributed by atoms with Gasteiger partial charge in [-0.25, -0.2) is 0 Å². The van der Waals surface area contributed by atoms with Gasteiger partial charge in [-0.05, 0) is 36.9 Å². The zero-order chi connectivity index (χ0) is 11.4. The second kappa shape index (κ2) is 5.18. The molecule has 0 saturated heterocycles. The van der Waals surface area contributed by atoms with Crippen molar-refractivity contribution < 1.29 is 0 Å². The van der Waals surface area contributed by atoms with E-state index in [2.05, 4.69) is 42.0 Å². The number of benzene rings is 1. The maximum atomic E-state index is 5.46. The summed E-state index contributed by atoms with van der Waals surface area (Å²) in [6.07, 6.45) is 9.05. The first-order valence-electron chi connectivity index (χ1n) is 6.12. The Morgan fingerprint density at radius 2 is 2.25 bits per heavy atom. The highest BCUT2D eigenvalue weighted by Gasteiger charge is 2.26. The van der Waals surface area contributed by atoms with Crippen LogP contribution >= 0.6 is 0 Å². The minimum absolute atomic E-state index is 0.548. The molecule has 1 aliphatic rings. The molecule has 16 heavy (non-hydrogen) atoms. The van der Waals surface area contributed by atoms with Crippen LogP contribution in [-0.4, -0.2) is 18.0 Å². The zero-order valence-corrected chi connectivity index (χ0v) is 9.95. The molecule has 0 fully saturated rings. The summed E-state index contributed by atoms with van der Waals surface area (Å²) < 4.78 is 0. The molecule has 0 amide bonds. The van der Waals surface area contributed by atoms with Gasteiger partial charge in [-0.2, -0.15) is 0 Å². The molecule has 0 N–H and O–H groups in total. The Morgan fingerprint density at radius 3 is 3.00 bits per heavy atom. The molecular weight excluding hydrogens is 194 g/mol. The summed E-state index contributed by atoms with van der Waals surface area (Å²) in [4.78, 5) is 2.44. The number of aryl methyl sites for hydroxylation is 1. The van der Waals surface area contributed by atoms with E-state index in [0.717, 1.165) is 13.1 Å². The van der Waals surface area contributed by atoms with E-state index in [-0.39, 0.29) is 0 Å². The Kier molecular flexibility index (Phi) is 3.64. The van der Waals surface area contributed by atoms with Crippen molar-refractivity contribution in [2.75, 3.05) is 13.1 Å². The monoisotopic (exact) mass is 213 g/mol. The van der Waals surface area contributed by atoms with E-state index in [1.165, 1.54) is 30.4 Å². The van der Waals surface area contributed by atoms with Crippen molar-refractivity contribution in [1.82, 2.24) is 4.90 Å². The molecular formula is C15H19N. The minimum atomic E-state index is 0.548. The van der Waals surface area contributed by atoms with E-state index >= 15 is 0 Å². The Labute approximate surface area is 98.5 Å². The molecule has 2 rings (SSSR count). The maximum Gasteiger partial charge on any atom is 0.0604 e. The highest BCUT2D eigenvalue weighted by molar-refractivity contribution is 5.34. The number of rotatable bonds is 4. The molecule has 0 aromatic heterocycles. The minimum Gasteiger partial charge on any atom is -0.285 e. The van der Waals surface area contributed by atoms with Crippen LogP contribution in [0.2, 0.25) is 0 Å². The van der Waals surface area contributed by atoms with E-state index in [4.69, 9.17) is 6.42 Å². The van der Waals surface area contributed by atoms with Crippen LogP contribution in [0.15, 0.2) is 24.3 Å². The Hall–Kier alpha value is -1.26. The lowest BCUT2D eigenvalue weighted by Gasteiger charge is -2.27. The first-order chi connectivity index (χ1) is 7.86. The van der Waals surface area contributed by atoms with Crippen LogP contribution < -0.4 is 0 Å². The van der Waals surface area contributed by atoms with Crippen LogP contribution in [0.4, 0.5) is 0 Å². The number of nitrogens with zero attached hydrogens (tertiary/aromatic N) is 1. The number of terminal acetylenes is 1. The largest absolute Gasteiger partial charge is 0.285 e. The van der Waals surface area contributed by atoms with Crippen molar-refractivity contribution in [2.24, 2.45) is 0 Å². The summed E-state index contributed by atoms with van der Waals surface area (Å²) in [5.74, 6) is 2.79. The van der Waals surface area contributed by atoms with E-state index in [1.54, 1.807) is 0 Å². The summed E-state index contributed by atoms with van der Waals surface area (Å²) in [7, 11) is 0. The van der Waals surface area contributed by atoms with Gasteiger partial charge in [-0.3, -0.25) is 4.90 Å². The SMILES string of the molecule is C#CCN(CCC)C1CCc2ccccc21. The van der Waals surface area contributed by atoms with Gasteiger partial charge in [0.2, 0.25) is 0 Å². The summed E-state index contributed by atoms with van der Waals surface area (Å²) in [6.45, 7) is 4.08. The van der Waals surface area contributed by atoms with E-state index in [0.29, 0.717) is 6.04 Å². The van der Waals surface area contributed by atoms with E-state index in [1.807, 2.05) is 0 Å². The molecule has 84 valence electrons. The van der Waals surface area contributed by atoms with Crippen LogP contribution in [0, 0.1) is 12.3 Å². The van der Waals surface area contributed by atoms with Gasteiger partial charge in [0, 0.05) is 6.04 Å². The van der Waals surface area contributed by atoms with Gasteiger partial charge in [0.05, 0.1) is 6.54 Å².